The van der Waals surface area contributed by atoms with Crippen molar-refractivity contribution in [1.29, 1.82) is 0 Å². The van der Waals surface area contributed by atoms with Crippen molar-refractivity contribution in [3.05, 3.63) is 0 Å². The van der Waals surface area contributed by atoms with Crippen LogP contribution in [0.2, 0.25) is 0 Å². The maximum atomic E-state index is 2.27. The van der Waals surface area contributed by atoms with E-state index in [-0.39, 0.29) is 0 Å². The van der Waals surface area contributed by atoms with Gasteiger partial charge >= 0.3 is 0 Å². The molecular formula is C8H16. The predicted molar refractivity (Wildman–Crippen MR) is 36.9 cm³/mol. The minimum Gasteiger partial charge on any atom is -0.0654 e. The van der Waals surface area contributed by atoms with Crippen molar-refractivity contribution in [2.24, 2.45) is 5.92 Å². The molecule has 48 valence electrons. The SMILES string of the molecule is CCCCCC1CC1. The molecule has 0 aromatic heterocycles. The fraction of sp³-hybridized carbons (Fsp3) is 1.00. The van der Waals surface area contributed by atoms with Gasteiger partial charge in [0.25, 0.3) is 0 Å². The average Bonchev–Trinajstić information content (AvgIpc) is 2.51. The molecule has 0 amide bonds. The Morgan fingerprint density at radius 1 is 1.25 bits per heavy atom. The van der Waals surface area contributed by atoms with E-state index in [4.69, 9.17) is 0 Å². The minimum atomic E-state index is 1.15. The summed E-state index contributed by atoms with van der Waals surface area (Å²) in [4.78, 5) is 0. The lowest BCUT2D eigenvalue weighted by Gasteiger charge is -1.92. The first kappa shape index (κ1) is 6.12. The molecule has 0 heterocycles. The van der Waals surface area contributed by atoms with Crippen LogP contribution >= 0.6 is 0 Å². The van der Waals surface area contributed by atoms with E-state index in [0.717, 1.165) is 5.92 Å². The summed E-state index contributed by atoms with van der Waals surface area (Å²) >= 11 is 0. The largest absolute Gasteiger partial charge is 0.0654 e. The normalized spacial score (nSPS) is 19.1. The Labute approximate surface area is 52.3 Å². The summed E-state index contributed by atoms with van der Waals surface area (Å²) in [6.45, 7) is 2.27. The summed E-state index contributed by atoms with van der Waals surface area (Å²) in [5.41, 5.74) is 0. The Kier molecular flexibility index (Phi) is 2.38. The molecule has 1 fully saturated rings. The van der Waals surface area contributed by atoms with Gasteiger partial charge in [-0.2, -0.15) is 0 Å². The first-order valence-corrected chi connectivity index (χ1v) is 3.93. The van der Waals surface area contributed by atoms with Gasteiger partial charge in [0.1, 0.15) is 0 Å². The van der Waals surface area contributed by atoms with E-state index in [1.165, 1.54) is 38.5 Å². The highest BCUT2D eigenvalue weighted by molar-refractivity contribution is 4.72. The maximum absolute atomic E-state index is 2.27. The first-order valence-electron chi connectivity index (χ1n) is 3.93. The van der Waals surface area contributed by atoms with E-state index in [9.17, 15) is 0 Å². The molecular weight excluding hydrogens is 96.1 g/mol. The summed E-state index contributed by atoms with van der Waals surface area (Å²) < 4.78 is 0. The van der Waals surface area contributed by atoms with E-state index in [2.05, 4.69) is 6.92 Å². The minimum absolute atomic E-state index is 1.15. The Morgan fingerprint density at radius 3 is 2.50 bits per heavy atom. The molecule has 0 N–H and O–H groups in total. The molecule has 1 aliphatic rings. The van der Waals surface area contributed by atoms with Gasteiger partial charge in [0.05, 0.1) is 0 Å². The molecule has 0 unspecified atom stereocenters. The van der Waals surface area contributed by atoms with Crippen molar-refractivity contribution in [3.63, 3.8) is 0 Å². The number of hydrogen-bond donors (Lipinski definition) is 0. The lowest BCUT2D eigenvalue weighted by molar-refractivity contribution is 0.620. The van der Waals surface area contributed by atoms with Gasteiger partial charge in [-0.3, -0.25) is 0 Å². The zero-order valence-corrected chi connectivity index (χ0v) is 5.82. The van der Waals surface area contributed by atoms with Gasteiger partial charge in [0, 0.05) is 0 Å². The van der Waals surface area contributed by atoms with Crippen LogP contribution < -0.4 is 0 Å². The van der Waals surface area contributed by atoms with Gasteiger partial charge in [-0.05, 0) is 5.92 Å². The van der Waals surface area contributed by atoms with Crippen molar-refractivity contribution in [3.8, 4) is 0 Å². The lowest BCUT2D eigenvalue weighted by atomic mass is 10.1. The highest BCUT2D eigenvalue weighted by Crippen LogP contribution is 2.33. The van der Waals surface area contributed by atoms with E-state index in [1.807, 2.05) is 0 Å². The molecule has 1 saturated carbocycles. The van der Waals surface area contributed by atoms with Crippen LogP contribution in [0.15, 0.2) is 0 Å². The Morgan fingerprint density at radius 2 is 2.00 bits per heavy atom. The maximum Gasteiger partial charge on any atom is -0.0414 e. The quantitative estimate of drug-likeness (QED) is 0.490. The van der Waals surface area contributed by atoms with Crippen molar-refractivity contribution in [2.45, 2.75) is 45.4 Å². The summed E-state index contributed by atoms with van der Waals surface area (Å²) in [6, 6.07) is 0. The zero-order valence-electron chi connectivity index (χ0n) is 5.82. The molecule has 8 heavy (non-hydrogen) atoms. The summed E-state index contributed by atoms with van der Waals surface area (Å²) in [6.07, 6.45) is 8.91. The molecule has 1 rings (SSSR count). The van der Waals surface area contributed by atoms with Gasteiger partial charge in [-0.25, -0.2) is 0 Å². The Balaban J connectivity index is 1.74. The monoisotopic (exact) mass is 112 g/mol. The lowest BCUT2D eigenvalue weighted by Crippen LogP contribution is -1.75. The number of hydrogen-bond acceptors (Lipinski definition) is 0. The molecule has 0 spiro atoms. The van der Waals surface area contributed by atoms with Crippen LogP contribution in [-0.2, 0) is 0 Å². The Bertz CT molecular complexity index is 53.1. The summed E-state index contributed by atoms with van der Waals surface area (Å²) in [5.74, 6) is 1.15. The average molecular weight is 112 g/mol. The highest BCUT2D eigenvalue weighted by atomic mass is 14.2. The fourth-order valence-electron chi connectivity index (χ4n) is 1.09. The summed E-state index contributed by atoms with van der Waals surface area (Å²) in [7, 11) is 0. The molecule has 0 aromatic carbocycles. The van der Waals surface area contributed by atoms with Crippen molar-refractivity contribution >= 4 is 0 Å². The van der Waals surface area contributed by atoms with E-state index < -0.39 is 0 Å². The van der Waals surface area contributed by atoms with Crippen molar-refractivity contribution in [2.75, 3.05) is 0 Å². The van der Waals surface area contributed by atoms with Crippen molar-refractivity contribution in [1.82, 2.24) is 0 Å². The van der Waals surface area contributed by atoms with Gasteiger partial charge in [-0.15, -0.1) is 0 Å². The molecule has 0 aliphatic heterocycles. The predicted octanol–water partition coefficient (Wildman–Crippen LogP) is 2.98. The second kappa shape index (κ2) is 3.11. The summed E-state index contributed by atoms with van der Waals surface area (Å²) in [5, 5.41) is 0. The molecule has 0 saturated heterocycles. The fourth-order valence-corrected chi connectivity index (χ4v) is 1.09. The van der Waals surface area contributed by atoms with Gasteiger partial charge in [0.2, 0.25) is 0 Å². The van der Waals surface area contributed by atoms with E-state index >= 15 is 0 Å². The van der Waals surface area contributed by atoms with Crippen LogP contribution in [0.1, 0.15) is 45.4 Å². The van der Waals surface area contributed by atoms with Crippen LogP contribution in [0.4, 0.5) is 0 Å². The molecule has 1 aliphatic carbocycles. The van der Waals surface area contributed by atoms with Crippen LogP contribution in [0.5, 0.6) is 0 Å². The molecule has 0 atom stereocenters. The first-order chi connectivity index (χ1) is 3.93. The van der Waals surface area contributed by atoms with Gasteiger partial charge in [0.15, 0.2) is 0 Å². The second-order valence-electron chi connectivity index (χ2n) is 2.94. The van der Waals surface area contributed by atoms with Crippen LogP contribution in [0, 0.1) is 5.92 Å². The second-order valence-corrected chi connectivity index (χ2v) is 2.94. The molecule has 0 bridgehead atoms. The molecule has 0 aromatic rings. The third-order valence-electron chi connectivity index (χ3n) is 1.91. The van der Waals surface area contributed by atoms with E-state index in [0.29, 0.717) is 0 Å². The van der Waals surface area contributed by atoms with Gasteiger partial charge < -0.3 is 0 Å². The highest BCUT2D eigenvalue weighted by Gasteiger charge is 2.19. The van der Waals surface area contributed by atoms with Crippen LogP contribution in [0.3, 0.4) is 0 Å². The topological polar surface area (TPSA) is 0 Å². The third-order valence-corrected chi connectivity index (χ3v) is 1.91. The molecule has 0 radical (unpaired) electrons. The Hall–Kier alpha value is 0. The number of unbranched alkanes of at least 4 members (excludes halogenated alkanes) is 2. The third kappa shape index (κ3) is 2.34. The zero-order chi connectivity index (χ0) is 5.82. The van der Waals surface area contributed by atoms with E-state index in [1.54, 1.807) is 0 Å². The standard InChI is InChI=1S/C8H16/c1-2-3-4-5-8-6-7-8/h8H,2-7H2,1H3. The molecule has 0 heteroatoms. The molecule has 0 nitrogen and oxygen atoms in total. The van der Waals surface area contributed by atoms with Crippen LogP contribution in [0.25, 0.3) is 0 Å². The van der Waals surface area contributed by atoms with Gasteiger partial charge in [-0.1, -0.05) is 45.4 Å². The number of rotatable bonds is 4. The van der Waals surface area contributed by atoms with Crippen molar-refractivity contribution < 1.29 is 0 Å². The smallest absolute Gasteiger partial charge is 0.0414 e. The van der Waals surface area contributed by atoms with Crippen LogP contribution in [-0.4, -0.2) is 0 Å².